The van der Waals surface area contributed by atoms with Gasteiger partial charge in [0.1, 0.15) is 48.8 Å². The smallest absolute Gasteiger partial charge is 0.188 e. The maximum Gasteiger partial charge on any atom is 0.188 e. The zero-order valence-corrected chi connectivity index (χ0v) is 16.9. The molecule has 0 saturated carbocycles. The van der Waals surface area contributed by atoms with Crippen LogP contribution in [0.4, 0.5) is 0 Å². The molecule has 1 aromatic carbocycles. The van der Waals surface area contributed by atoms with Gasteiger partial charge in [-0.25, -0.2) is 0 Å². The highest BCUT2D eigenvalue weighted by atomic mass is 16.7. The summed E-state index contributed by atoms with van der Waals surface area (Å²) in [5.41, 5.74) is 0.487. The molecule has 7 N–H and O–H groups in total. The van der Waals surface area contributed by atoms with Gasteiger partial charge in [-0.1, -0.05) is 30.3 Å². The van der Waals surface area contributed by atoms with Crippen LogP contribution in [-0.2, 0) is 18.9 Å². The van der Waals surface area contributed by atoms with Crippen molar-refractivity contribution in [3.63, 3.8) is 0 Å². The molecule has 0 aromatic heterocycles. The van der Waals surface area contributed by atoms with Crippen LogP contribution in [0.2, 0.25) is 0 Å². The first kappa shape index (κ1) is 24.9. The topological polar surface area (TPSA) is 202 Å². The predicted molar refractivity (Wildman–Crippen MR) is 102 cm³/mol. The van der Waals surface area contributed by atoms with Gasteiger partial charge in [0.2, 0.25) is 0 Å². The monoisotopic (exact) mass is 457 g/mol. The summed E-state index contributed by atoms with van der Waals surface area (Å²) in [7, 11) is 0. The van der Waals surface area contributed by atoms with Gasteiger partial charge in [-0.2, -0.15) is 5.26 Å². The molecule has 6 unspecified atom stereocenters. The summed E-state index contributed by atoms with van der Waals surface area (Å²) in [6.07, 6.45) is -16.5. The third kappa shape index (κ3) is 5.25. The Kier molecular flexibility index (Phi) is 8.50. The molecule has 0 radical (unpaired) electrons. The van der Waals surface area contributed by atoms with Gasteiger partial charge in [0.25, 0.3) is 0 Å². The second-order valence-corrected chi connectivity index (χ2v) is 7.60. The number of nitriles is 1. The van der Waals surface area contributed by atoms with Crippen molar-refractivity contribution in [3.05, 3.63) is 35.9 Å². The van der Waals surface area contributed by atoms with Gasteiger partial charge in [-0.05, 0) is 5.56 Å². The molecule has 32 heavy (non-hydrogen) atoms. The molecule has 178 valence electrons. The largest absolute Gasteiger partial charge is 0.394 e. The van der Waals surface area contributed by atoms with E-state index in [1.807, 2.05) is 6.07 Å². The standard InChI is InChI=1S/C20H27NO11/c21-6-10(9-4-2-1-3-5-9)30-20-18(28)16(26)14(24)12(32-20)8-29-19-17(27)15(25)13(23)11(7-22)31-19/h1-5,10-20,22-28H,7-8H2/t10-,11?,12+,13+,14?,15?,16?,17?,18+,19+,20?/m0/s1. The van der Waals surface area contributed by atoms with Crippen LogP contribution in [0.15, 0.2) is 30.3 Å². The Morgan fingerprint density at radius 1 is 0.812 bits per heavy atom. The second-order valence-electron chi connectivity index (χ2n) is 7.60. The lowest BCUT2D eigenvalue weighted by molar-refractivity contribution is -0.334. The molecular weight excluding hydrogens is 430 g/mol. The van der Waals surface area contributed by atoms with Gasteiger partial charge < -0.3 is 54.7 Å². The van der Waals surface area contributed by atoms with Crippen molar-refractivity contribution < 1.29 is 54.7 Å². The summed E-state index contributed by atoms with van der Waals surface area (Å²) in [4.78, 5) is 0. The third-order valence-electron chi connectivity index (χ3n) is 5.43. The van der Waals surface area contributed by atoms with Gasteiger partial charge in [0, 0.05) is 0 Å². The molecule has 2 aliphatic heterocycles. The summed E-state index contributed by atoms with van der Waals surface area (Å²) in [6.45, 7) is -1.14. The highest BCUT2D eigenvalue weighted by Crippen LogP contribution is 2.28. The van der Waals surface area contributed by atoms with Crippen molar-refractivity contribution in [2.75, 3.05) is 13.2 Å². The van der Waals surface area contributed by atoms with Crippen LogP contribution in [0.25, 0.3) is 0 Å². The van der Waals surface area contributed by atoms with Crippen LogP contribution < -0.4 is 0 Å². The molecule has 2 saturated heterocycles. The van der Waals surface area contributed by atoms with Crippen molar-refractivity contribution in [2.24, 2.45) is 0 Å². The molecule has 0 aliphatic carbocycles. The van der Waals surface area contributed by atoms with Crippen molar-refractivity contribution in [1.82, 2.24) is 0 Å². The molecule has 0 spiro atoms. The molecule has 12 nitrogen and oxygen atoms in total. The lowest BCUT2D eigenvalue weighted by Crippen LogP contribution is -2.61. The van der Waals surface area contributed by atoms with E-state index in [4.69, 9.17) is 18.9 Å². The minimum absolute atomic E-state index is 0.487. The maximum absolute atomic E-state index is 10.3. The lowest BCUT2D eigenvalue weighted by Gasteiger charge is -2.43. The Balaban J connectivity index is 1.65. The van der Waals surface area contributed by atoms with Gasteiger partial charge in [0.05, 0.1) is 19.3 Å². The molecule has 1 aromatic rings. The number of nitrogens with zero attached hydrogens (tertiary/aromatic N) is 1. The second kappa shape index (κ2) is 10.9. The van der Waals surface area contributed by atoms with E-state index in [9.17, 15) is 41.0 Å². The first-order valence-electron chi connectivity index (χ1n) is 10.00. The summed E-state index contributed by atoms with van der Waals surface area (Å²) < 4.78 is 21.6. The lowest BCUT2D eigenvalue weighted by atomic mass is 9.98. The maximum atomic E-state index is 10.3. The summed E-state index contributed by atoms with van der Waals surface area (Å²) in [5.74, 6) is 0. The average molecular weight is 457 g/mol. The zero-order chi connectivity index (χ0) is 23.4. The molecule has 0 bridgehead atoms. The van der Waals surface area contributed by atoms with E-state index < -0.39 is 80.7 Å². The van der Waals surface area contributed by atoms with Gasteiger partial charge in [-0.15, -0.1) is 0 Å². The van der Waals surface area contributed by atoms with E-state index in [0.717, 1.165) is 0 Å². The molecular formula is C20H27NO11. The molecule has 11 atom stereocenters. The van der Waals surface area contributed by atoms with Gasteiger partial charge in [0.15, 0.2) is 18.7 Å². The quantitative estimate of drug-likeness (QED) is 0.218. The Labute approximate surface area is 183 Å². The first-order valence-corrected chi connectivity index (χ1v) is 10.00. The van der Waals surface area contributed by atoms with Crippen LogP contribution in [0.1, 0.15) is 11.7 Å². The van der Waals surface area contributed by atoms with Gasteiger partial charge >= 0.3 is 0 Å². The zero-order valence-electron chi connectivity index (χ0n) is 16.9. The molecule has 0 amide bonds. The fourth-order valence-electron chi connectivity index (χ4n) is 3.51. The number of hydrogen-bond acceptors (Lipinski definition) is 12. The van der Waals surface area contributed by atoms with E-state index in [2.05, 4.69) is 0 Å². The van der Waals surface area contributed by atoms with E-state index >= 15 is 0 Å². The molecule has 12 heteroatoms. The van der Waals surface area contributed by atoms with E-state index in [0.29, 0.717) is 5.56 Å². The number of benzene rings is 1. The normalized spacial score (nSPS) is 41.1. The molecule has 2 heterocycles. The fraction of sp³-hybridized carbons (Fsp3) is 0.650. The Morgan fingerprint density at radius 3 is 1.97 bits per heavy atom. The third-order valence-corrected chi connectivity index (χ3v) is 5.43. The van der Waals surface area contributed by atoms with Crippen molar-refractivity contribution in [1.29, 1.82) is 5.26 Å². The Hall–Kier alpha value is -1.73. The molecule has 2 fully saturated rings. The Bertz CT molecular complexity index is 760. The highest BCUT2D eigenvalue weighted by molar-refractivity contribution is 5.22. The summed E-state index contributed by atoms with van der Waals surface area (Å²) in [5, 5.41) is 79.1. The minimum atomic E-state index is -1.70. The van der Waals surface area contributed by atoms with Crippen LogP contribution in [0.5, 0.6) is 0 Å². The molecule has 2 aliphatic rings. The van der Waals surface area contributed by atoms with E-state index in [1.54, 1.807) is 30.3 Å². The van der Waals surface area contributed by atoms with E-state index in [1.165, 1.54) is 0 Å². The van der Waals surface area contributed by atoms with Crippen LogP contribution in [0.3, 0.4) is 0 Å². The fourth-order valence-corrected chi connectivity index (χ4v) is 3.51. The average Bonchev–Trinajstić information content (AvgIpc) is 2.81. The number of hydrogen-bond donors (Lipinski definition) is 7. The van der Waals surface area contributed by atoms with E-state index in [-0.39, 0.29) is 0 Å². The number of rotatable bonds is 7. The Morgan fingerprint density at radius 2 is 1.38 bits per heavy atom. The van der Waals surface area contributed by atoms with Gasteiger partial charge in [-0.3, -0.25) is 0 Å². The number of ether oxygens (including phenoxy) is 4. The van der Waals surface area contributed by atoms with Crippen LogP contribution >= 0.6 is 0 Å². The SMILES string of the molecule is N#C[C@H](OC1O[C@H](CO[C@@H]2OC(CO)[C@@H](O)C(O)C2O)C(O)C(O)[C@H]1O)c1ccccc1. The van der Waals surface area contributed by atoms with Crippen molar-refractivity contribution in [2.45, 2.75) is 67.5 Å². The summed E-state index contributed by atoms with van der Waals surface area (Å²) in [6, 6.07) is 10.3. The molecule has 3 rings (SSSR count). The predicted octanol–water partition coefficient (Wildman–Crippen LogP) is -3.11. The van der Waals surface area contributed by atoms with Crippen LogP contribution in [-0.4, -0.2) is 110 Å². The van der Waals surface area contributed by atoms with Crippen LogP contribution in [0, 0.1) is 11.3 Å². The number of aliphatic hydroxyl groups is 7. The minimum Gasteiger partial charge on any atom is -0.394 e. The van der Waals surface area contributed by atoms with Crippen molar-refractivity contribution >= 4 is 0 Å². The first-order chi connectivity index (χ1) is 15.3. The highest BCUT2D eigenvalue weighted by Gasteiger charge is 2.48. The summed E-state index contributed by atoms with van der Waals surface area (Å²) >= 11 is 0. The van der Waals surface area contributed by atoms with Crippen molar-refractivity contribution in [3.8, 4) is 6.07 Å². The number of aliphatic hydroxyl groups excluding tert-OH is 7.